The van der Waals surface area contributed by atoms with Gasteiger partial charge >= 0.3 is 0 Å². The molecule has 2 fully saturated rings. The van der Waals surface area contributed by atoms with Crippen LogP contribution < -0.4 is 0 Å². The summed E-state index contributed by atoms with van der Waals surface area (Å²) in [5.41, 5.74) is -0.976. The van der Waals surface area contributed by atoms with Crippen molar-refractivity contribution in [1.29, 1.82) is 0 Å². The van der Waals surface area contributed by atoms with Crippen molar-refractivity contribution in [1.82, 2.24) is 0 Å². The molecule has 0 amide bonds. The first-order valence-electron chi connectivity index (χ1n) is 6.58. The Morgan fingerprint density at radius 3 is 2.69 bits per heavy atom. The van der Waals surface area contributed by atoms with Crippen molar-refractivity contribution >= 4 is 5.78 Å². The number of Topliss-reactive ketones (excluding diaryl/α,β-unsaturated/α-hetero) is 1. The van der Waals surface area contributed by atoms with Gasteiger partial charge in [-0.25, -0.2) is 0 Å². The maximum absolute atomic E-state index is 11.9. The lowest BCUT2D eigenvalue weighted by Gasteiger charge is -2.20. The Labute approximate surface area is 97.2 Å². The van der Waals surface area contributed by atoms with Crippen LogP contribution >= 0.6 is 0 Å². The van der Waals surface area contributed by atoms with Crippen LogP contribution in [-0.4, -0.2) is 29.2 Å². The second-order valence-corrected chi connectivity index (χ2v) is 5.19. The molecule has 0 radical (unpaired) electrons. The molecule has 1 saturated carbocycles. The van der Waals surface area contributed by atoms with Gasteiger partial charge in [-0.05, 0) is 51.4 Å². The molecule has 1 aliphatic heterocycles. The standard InChI is InChI=1S/C13H22O3/c14-12(13(15)8-1-2-9-13)7-3-5-11-6-4-10-16-11/h11,15H,1-10H2. The van der Waals surface area contributed by atoms with Crippen molar-refractivity contribution in [3.05, 3.63) is 0 Å². The summed E-state index contributed by atoms with van der Waals surface area (Å²) in [4.78, 5) is 11.9. The maximum Gasteiger partial charge on any atom is 0.164 e. The molecule has 2 aliphatic rings. The predicted octanol–water partition coefficient (Wildman–Crippen LogP) is 2.21. The summed E-state index contributed by atoms with van der Waals surface area (Å²) in [6.45, 7) is 0.878. The van der Waals surface area contributed by atoms with Crippen LogP contribution in [-0.2, 0) is 9.53 Å². The van der Waals surface area contributed by atoms with Crippen molar-refractivity contribution in [2.45, 2.75) is 69.5 Å². The van der Waals surface area contributed by atoms with Gasteiger partial charge in [-0.1, -0.05) is 0 Å². The third-order valence-corrected chi connectivity index (χ3v) is 3.90. The average molecular weight is 226 g/mol. The van der Waals surface area contributed by atoms with Crippen molar-refractivity contribution < 1.29 is 14.6 Å². The monoisotopic (exact) mass is 226 g/mol. The smallest absolute Gasteiger partial charge is 0.164 e. The van der Waals surface area contributed by atoms with Crippen LogP contribution in [0.2, 0.25) is 0 Å². The SMILES string of the molecule is O=C(CCCC1CCCO1)C1(O)CCCC1. The van der Waals surface area contributed by atoms with Crippen LogP contribution in [0, 0.1) is 0 Å². The molecule has 1 atom stereocenters. The molecule has 0 aromatic rings. The first-order chi connectivity index (χ1) is 7.71. The number of rotatable bonds is 5. The van der Waals surface area contributed by atoms with Gasteiger partial charge in [-0.15, -0.1) is 0 Å². The topological polar surface area (TPSA) is 46.5 Å². The van der Waals surface area contributed by atoms with Gasteiger partial charge in [-0.2, -0.15) is 0 Å². The molecule has 0 aromatic carbocycles. The lowest BCUT2D eigenvalue weighted by atomic mass is 9.92. The number of hydrogen-bond donors (Lipinski definition) is 1. The number of carbonyl (C=O) groups is 1. The molecular weight excluding hydrogens is 204 g/mol. The zero-order valence-corrected chi connectivity index (χ0v) is 9.91. The van der Waals surface area contributed by atoms with Gasteiger partial charge in [0.15, 0.2) is 5.78 Å². The fraction of sp³-hybridized carbons (Fsp3) is 0.923. The fourth-order valence-electron chi connectivity index (χ4n) is 2.83. The molecule has 0 aromatic heterocycles. The van der Waals surface area contributed by atoms with Gasteiger partial charge < -0.3 is 9.84 Å². The summed E-state index contributed by atoms with van der Waals surface area (Å²) in [7, 11) is 0. The van der Waals surface area contributed by atoms with Gasteiger partial charge in [0.25, 0.3) is 0 Å². The van der Waals surface area contributed by atoms with Crippen LogP contribution in [0.5, 0.6) is 0 Å². The molecule has 0 bridgehead atoms. The lowest BCUT2D eigenvalue weighted by Crippen LogP contribution is -2.35. The van der Waals surface area contributed by atoms with E-state index in [1.54, 1.807) is 0 Å². The summed E-state index contributed by atoms with van der Waals surface area (Å²) < 4.78 is 5.51. The van der Waals surface area contributed by atoms with Gasteiger partial charge in [-0.3, -0.25) is 4.79 Å². The Morgan fingerprint density at radius 2 is 2.06 bits per heavy atom. The normalized spacial score (nSPS) is 28.4. The average Bonchev–Trinajstić information content (AvgIpc) is 2.90. The summed E-state index contributed by atoms with van der Waals surface area (Å²) >= 11 is 0. The Bertz CT molecular complexity index is 238. The number of ether oxygens (including phenoxy) is 1. The Kier molecular flexibility index (Phi) is 3.98. The predicted molar refractivity (Wildman–Crippen MR) is 61.2 cm³/mol. The maximum atomic E-state index is 11.9. The van der Waals surface area contributed by atoms with Crippen LogP contribution in [0.15, 0.2) is 0 Å². The van der Waals surface area contributed by atoms with E-state index in [9.17, 15) is 9.90 Å². The second-order valence-electron chi connectivity index (χ2n) is 5.19. The Hall–Kier alpha value is -0.410. The minimum absolute atomic E-state index is 0.0583. The second kappa shape index (κ2) is 5.28. The highest BCUT2D eigenvalue weighted by Crippen LogP contribution is 2.31. The first kappa shape index (κ1) is 12.1. The summed E-state index contributed by atoms with van der Waals surface area (Å²) in [6, 6.07) is 0. The molecule has 1 N–H and O–H groups in total. The zero-order valence-electron chi connectivity index (χ0n) is 9.91. The van der Waals surface area contributed by atoms with Crippen LogP contribution in [0.4, 0.5) is 0 Å². The van der Waals surface area contributed by atoms with Crippen LogP contribution in [0.1, 0.15) is 57.8 Å². The van der Waals surface area contributed by atoms with Gasteiger partial charge in [0.05, 0.1) is 6.10 Å². The highest BCUT2D eigenvalue weighted by atomic mass is 16.5. The number of aliphatic hydroxyl groups is 1. The zero-order chi connectivity index (χ0) is 11.4. The van der Waals surface area contributed by atoms with E-state index < -0.39 is 5.60 Å². The largest absolute Gasteiger partial charge is 0.382 e. The molecule has 3 heteroatoms. The highest BCUT2D eigenvalue weighted by molar-refractivity contribution is 5.87. The molecule has 3 nitrogen and oxygen atoms in total. The molecule has 1 heterocycles. The highest BCUT2D eigenvalue weighted by Gasteiger charge is 2.37. The quantitative estimate of drug-likeness (QED) is 0.781. The van der Waals surface area contributed by atoms with E-state index in [-0.39, 0.29) is 5.78 Å². The summed E-state index contributed by atoms with van der Waals surface area (Å²) in [6.07, 6.45) is 8.36. The molecule has 1 aliphatic carbocycles. The minimum Gasteiger partial charge on any atom is -0.382 e. The van der Waals surface area contributed by atoms with Gasteiger partial charge in [0, 0.05) is 13.0 Å². The van der Waals surface area contributed by atoms with E-state index in [0.29, 0.717) is 25.4 Å². The number of hydrogen-bond acceptors (Lipinski definition) is 3. The molecule has 0 spiro atoms. The van der Waals surface area contributed by atoms with E-state index in [1.807, 2.05) is 0 Å². The summed E-state index contributed by atoms with van der Waals surface area (Å²) in [5.74, 6) is 0.0583. The first-order valence-corrected chi connectivity index (χ1v) is 6.58. The lowest BCUT2D eigenvalue weighted by molar-refractivity contribution is -0.136. The van der Waals surface area contributed by atoms with E-state index in [4.69, 9.17) is 4.74 Å². The van der Waals surface area contributed by atoms with E-state index in [1.165, 1.54) is 0 Å². The number of carbonyl (C=O) groups excluding carboxylic acids is 1. The van der Waals surface area contributed by atoms with Crippen molar-refractivity contribution in [2.75, 3.05) is 6.61 Å². The van der Waals surface area contributed by atoms with E-state index in [2.05, 4.69) is 0 Å². The van der Waals surface area contributed by atoms with Crippen molar-refractivity contribution in [2.24, 2.45) is 0 Å². The molecule has 16 heavy (non-hydrogen) atoms. The Balaban J connectivity index is 1.67. The van der Waals surface area contributed by atoms with Crippen LogP contribution in [0.25, 0.3) is 0 Å². The molecule has 1 saturated heterocycles. The molecule has 1 unspecified atom stereocenters. The number of ketones is 1. The van der Waals surface area contributed by atoms with E-state index >= 15 is 0 Å². The third kappa shape index (κ3) is 2.83. The van der Waals surface area contributed by atoms with Crippen molar-refractivity contribution in [3.8, 4) is 0 Å². The van der Waals surface area contributed by atoms with Crippen molar-refractivity contribution in [3.63, 3.8) is 0 Å². The molecular formula is C13H22O3. The van der Waals surface area contributed by atoms with Crippen LogP contribution in [0.3, 0.4) is 0 Å². The van der Waals surface area contributed by atoms with E-state index in [0.717, 1.165) is 45.1 Å². The minimum atomic E-state index is -0.976. The third-order valence-electron chi connectivity index (χ3n) is 3.90. The summed E-state index contributed by atoms with van der Waals surface area (Å²) in [5, 5.41) is 10.1. The van der Waals surface area contributed by atoms with Gasteiger partial charge in [0.2, 0.25) is 0 Å². The molecule has 2 rings (SSSR count). The Morgan fingerprint density at radius 1 is 1.31 bits per heavy atom. The molecule has 92 valence electrons. The fourth-order valence-corrected chi connectivity index (χ4v) is 2.83. The van der Waals surface area contributed by atoms with Gasteiger partial charge in [0.1, 0.15) is 5.60 Å².